The molecule has 0 saturated heterocycles. The van der Waals surface area contributed by atoms with Crippen LogP contribution in [0.3, 0.4) is 0 Å². The van der Waals surface area contributed by atoms with Crippen LogP contribution in [0, 0.1) is 18.3 Å². The molecule has 3 aromatic rings. The number of hydrogen-bond donors (Lipinski definition) is 0. The minimum atomic E-state index is 0.310. The summed E-state index contributed by atoms with van der Waals surface area (Å²) in [6, 6.07) is 3.95. The number of aromatic nitrogens is 5. The molecular weight excluding hydrogens is 216 g/mol. The average molecular weight is 224 g/mol. The Labute approximate surface area is 96.8 Å². The molecule has 0 aliphatic rings. The van der Waals surface area contributed by atoms with Crippen LogP contribution in [0.4, 0.5) is 0 Å². The molecule has 0 bridgehead atoms. The summed E-state index contributed by atoms with van der Waals surface area (Å²) in [5, 5.41) is 13.3. The van der Waals surface area contributed by atoms with Gasteiger partial charge >= 0.3 is 0 Å². The lowest BCUT2D eigenvalue weighted by molar-refractivity contribution is 0.892. The van der Waals surface area contributed by atoms with Gasteiger partial charge in [-0.25, -0.2) is 14.5 Å². The van der Waals surface area contributed by atoms with Crippen molar-refractivity contribution in [3.63, 3.8) is 0 Å². The summed E-state index contributed by atoms with van der Waals surface area (Å²) in [7, 11) is 0. The minimum absolute atomic E-state index is 0.310. The van der Waals surface area contributed by atoms with E-state index in [-0.39, 0.29) is 0 Å². The van der Waals surface area contributed by atoms with Crippen LogP contribution in [0.5, 0.6) is 0 Å². The third kappa shape index (κ3) is 1.37. The van der Waals surface area contributed by atoms with Gasteiger partial charge in [0.05, 0.1) is 5.69 Å². The second-order valence-corrected chi connectivity index (χ2v) is 3.60. The van der Waals surface area contributed by atoms with Crippen LogP contribution >= 0.6 is 0 Å². The molecule has 6 nitrogen and oxygen atoms in total. The molecule has 6 heteroatoms. The fraction of sp³-hybridized carbons (Fsp3) is 0.0909. The number of imidazole rings is 1. The molecule has 0 N–H and O–H groups in total. The van der Waals surface area contributed by atoms with Crippen molar-refractivity contribution < 1.29 is 0 Å². The van der Waals surface area contributed by atoms with E-state index in [2.05, 4.69) is 15.1 Å². The van der Waals surface area contributed by atoms with Crippen molar-refractivity contribution in [3.8, 4) is 11.9 Å². The summed E-state index contributed by atoms with van der Waals surface area (Å²) < 4.78 is 3.38. The molecule has 3 aromatic heterocycles. The lowest BCUT2D eigenvalue weighted by Crippen LogP contribution is -2.02. The van der Waals surface area contributed by atoms with Crippen LogP contribution in [-0.4, -0.2) is 24.1 Å². The van der Waals surface area contributed by atoms with E-state index < -0.39 is 0 Å². The summed E-state index contributed by atoms with van der Waals surface area (Å²) in [6.45, 7) is 1.91. The van der Waals surface area contributed by atoms with Crippen LogP contribution in [0.25, 0.3) is 11.3 Å². The van der Waals surface area contributed by atoms with Crippen molar-refractivity contribution in [1.29, 1.82) is 5.26 Å². The van der Waals surface area contributed by atoms with Gasteiger partial charge in [0.25, 0.3) is 0 Å². The van der Waals surface area contributed by atoms with Gasteiger partial charge in [0.2, 0.25) is 5.82 Å². The van der Waals surface area contributed by atoms with Crippen molar-refractivity contribution >= 4 is 5.52 Å². The zero-order valence-electron chi connectivity index (χ0n) is 9.07. The smallest absolute Gasteiger partial charge is 0.218 e. The molecule has 0 fully saturated rings. The summed E-state index contributed by atoms with van der Waals surface area (Å²) in [5.74, 6) is 0.964. The molecule has 3 heterocycles. The van der Waals surface area contributed by atoms with Gasteiger partial charge in [0, 0.05) is 24.8 Å². The molecule has 17 heavy (non-hydrogen) atoms. The second kappa shape index (κ2) is 3.42. The first-order valence-corrected chi connectivity index (χ1v) is 5.04. The molecule has 0 amide bonds. The van der Waals surface area contributed by atoms with E-state index in [9.17, 15) is 0 Å². The molecule has 0 unspecified atom stereocenters. The monoisotopic (exact) mass is 224 g/mol. The Morgan fingerprint density at radius 1 is 1.24 bits per heavy atom. The number of nitrogens with zero attached hydrogens (tertiary/aromatic N) is 6. The van der Waals surface area contributed by atoms with E-state index in [0.717, 1.165) is 11.2 Å². The zero-order chi connectivity index (χ0) is 11.8. The van der Waals surface area contributed by atoms with Crippen molar-refractivity contribution in [2.24, 2.45) is 0 Å². The van der Waals surface area contributed by atoms with E-state index in [1.807, 2.05) is 19.1 Å². The normalized spacial score (nSPS) is 10.6. The predicted octanol–water partition coefficient (Wildman–Crippen LogP) is 1.10. The number of hydrogen-bond acceptors (Lipinski definition) is 4. The summed E-state index contributed by atoms with van der Waals surface area (Å²) >= 11 is 0. The van der Waals surface area contributed by atoms with Crippen LogP contribution in [-0.2, 0) is 0 Å². The molecule has 3 rings (SSSR count). The maximum Gasteiger partial charge on any atom is 0.218 e. The number of nitriles is 1. The van der Waals surface area contributed by atoms with E-state index in [4.69, 9.17) is 5.26 Å². The molecule has 82 valence electrons. The fourth-order valence-corrected chi connectivity index (χ4v) is 1.77. The Kier molecular flexibility index (Phi) is 1.92. The van der Waals surface area contributed by atoms with Crippen LogP contribution < -0.4 is 0 Å². The summed E-state index contributed by atoms with van der Waals surface area (Å²) in [5.41, 5.74) is 1.75. The molecule has 0 saturated carbocycles. The molecule has 0 aliphatic heterocycles. The average Bonchev–Trinajstić information content (AvgIpc) is 2.92. The van der Waals surface area contributed by atoms with E-state index >= 15 is 0 Å². The number of aryl methyl sites for hydroxylation is 1. The molecule has 0 radical (unpaired) electrons. The van der Waals surface area contributed by atoms with Crippen LogP contribution in [0.15, 0.2) is 30.9 Å². The van der Waals surface area contributed by atoms with Crippen molar-refractivity contribution in [3.05, 3.63) is 42.4 Å². The highest BCUT2D eigenvalue weighted by Crippen LogP contribution is 2.15. The third-order valence-electron chi connectivity index (χ3n) is 2.46. The number of fused-ring (bicyclic) bond motifs is 1. The highest BCUT2D eigenvalue weighted by atomic mass is 15.2. The first-order valence-electron chi connectivity index (χ1n) is 5.04. The zero-order valence-corrected chi connectivity index (χ0v) is 9.07. The van der Waals surface area contributed by atoms with Crippen molar-refractivity contribution in [2.75, 3.05) is 0 Å². The van der Waals surface area contributed by atoms with Crippen LogP contribution in [0.1, 0.15) is 11.5 Å². The van der Waals surface area contributed by atoms with Crippen molar-refractivity contribution in [1.82, 2.24) is 24.1 Å². The first-order chi connectivity index (χ1) is 8.29. The van der Waals surface area contributed by atoms with E-state index in [1.54, 1.807) is 33.9 Å². The Bertz CT molecular complexity index is 730. The van der Waals surface area contributed by atoms with Gasteiger partial charge in [-0.1, -0.05) is 0 Å². The lowest BCUT2D eigenvalue weighted by atomic mass is 10.4. The molecule has 0 spiro atoms. The predicted molar refractivity (Wildman–Crippen MR) is 59.6 cm³/mol. The Morgan fingerprint density at radius 2 is 2.06 bits per heavy atom. The van der Waals surface area contributed by atoms with E-state index in [1.165, 1.54) is 0 Å². The topological polar surface area (TPSA) is 71.8 Å². The highest BCUT2D eigenvalue weighted by molar-refractivity contribution is 5.61. The highest BCUT2D eigenvalue weighted by Gasteiger charge is 2.10. The van der Waals surface area contributed by atoms with Gasteiger partial charge < -0.3 is 0 Å². The Balaban J connectivity index is 2.35. The summed E-state index contributed by atoms with van der Waals surface area (Å²) in [4.78, 5) is 8.24. The molecular formula is C11H8N6. The Morgan fingerprint density at radius 3 is 2.88 bits per heavy atom. The summed E-state index contributed by atoms with van der Waals surface area (Å²) in [6.07, 6.45) is 6.71. The minimum Gasteiger partial charge on any atom is -0.274 e. The largest absolute Gasteiger partial charge is 0.274 e. The quantitative estimate of drug-likeness (QED) is 0.620. The van der Waals surface area contributed by atoms with E-state index in [0.29, 0.717) is 11.6 Å². The Hall–Kier alpha value is -2.68. The van der Waals surface area contributed by atoms with Crippen LogP contribution in [0.2, 0.25) is 0 Å². The second-order valence-electron chi connectivity index (χ2n) is 3.60. The molecule has 0 aromatic carbocycles. The maximum absolute atomic E-state index is 8.96. The van der Waals surface area contributed by atoms with Gasteiger partial charge in [0.15, 0.2) is 5.82 Å². The van der Waals surface area contributed by atoms with Gasteiger partial charge in [-0.15, -0.1) is 0 Å². The van der Waals surface area contributed by atoms with Gasteiger partial charge in [-0.3, -0.25) is 4.57 Å². The fourth-order valence-electron chi connectivity index (χ4n) is 1.77. The standard InChI is InChI=1S/C11H8N6/c1-8-6-9-11(14-3-5-17(9)15-8)16-4-2-13-10(16)7-12/h2-6H,1H3. The van der Waals surface area contributed by atoms with Gasteiger partial charge in [0.1, 0.15) is 11.6 Å². The number of rotatable bonds is 1. The molecule has 0 aliphatic carbocycles. The van der Waals surface area contributed by atoms with Gasteiger partial charge in [-0.05, 0) is 13.0 Å². The molecule has 0 atom stereocenters. The SMILES string of the molecule is Cc1cc2c(-n3ccnc3C#N)nccn2n1. The van der Waals surface area contributed by atoms with Gasteiger partial charge in [-0.2, -0.15) is 10.4 Å². The van der Waals surface area contributed by atoms with Crippen molar-refractivity contribution in [2.45, 2.75) is 6.92 Å². The third-order valence-corrected chi connectivity index (χ3v) is 2.46. The first kappa shape index (κ1) is 9.54. The maximum atomic E-state index is 8.96. The lowest BCUT2D eigenvalue weighted by Gasteiger charge is -2.03.